The molecular formula is C20H15ClFN3O2. The first kappa shape index (κ1) is 17.5. The van der Waals surface area contributed by atoms with E-state index in [1.807, 2.05) is 0 Å². The molecule has 0 aliphatic carbocycles. The molecule has 0 aliphatic heterocycles. The van der Waals surface area contributed by atoms with E-state index in [0.717, 1.165) is 0 Å². The Morgan fingerprint density at radius 1 is 1.11 bits per heavy atom. The predicted molar refractivity (Wildman–Crippen MR) is 101 cm³/mol. The van der Waals surface area contributed by atoms with Crippen LogP contribution in [-0.2, 0) is 6.54 Å². The number of benzene rings is 2. The van der Waals surface area contributed by atoms with Crippen molar-refractivity contribution in [2.75, 3.05) is 0 Å². The SMILES string of the molecule is O=c1c2cc(-c3ccc(F)cc3)nn2ccn1CC(O)c1ccccc1Cl. The zero-order valence-corrected chi connectivity index (χ0v) is 14.8. The summed E-state index contributed by atoms with van der Waals surface area (Å²) in [6.07, 6.45) is 2.29. The molecule has 5 nitrogen and oxygen atoms in total. The summed E-state index contributed by atoms with van der Waals surface area (Å²) < 4.78 is 16.0. The van der Waals surface area contributed by atoms with Gasteiger partial charge in [-0.05, 0) is 36.4 Å². The van der Waals surface area contributed by atoms with Crippen molar-refractivity contribution < 1.29 is 9.50 Å². The molecule has 7 heteroatoms. The van der Waals surface area contributed by atoms with Gasteiger partial charge in [-0.2, -0.15) is 5.10 Å². The van der Waals surface area contributed by atoms with E-state index in [-0.39, 0.29) is 17.9 Å². The molecule has 0 saturated carbocycles. The lowest BCUT2D eigenvalue weighted by Gasteiger charge is -2.14. The number of fused-ring (bicyclic) bond motifs is 1. The molecule has 136 valence electrons. The number of aliphatic hydroxyl groups is 1. The van der Waals surface area contributed by atoms with E-state index >= 15 is 0 Å². The summed E-state index contributed by atoms with van der Waals surface area (Å²) in [7, 11) is 0. The normalized spacial score (nSPS) is 12.4. The van der Waals surface area contributed by atoms with Crippen molar-refractivity contribution in [3.8, 4) is 11.3 Å². The Bertz CT molecular complexity index is 1170. The molecule has 0 radical (unpaired) electrons. The molecule has 0 amide bonds. The van der Waals surface area contributed by atoms with Crippen molar-refractivity contribution in [2.24, 2.45) is 0 Å². The van der Waals surface area contributed by atoms with Crippen LogP contribution in [0.2, 0.25) is 5.02 Å². The van der Waals surface area contributed by atoms with Crippen molar-refractivity contribution in [3.05, 3.63) is 93.7 Å². The molecular weight excluding hydrogens is 369 g/mol. The summed E-state index contributed by atoms with van der Waals surface area (Å²) in [4.78, 5) is 12.8. The molecule has 1 unspecified atom stereocenters. The fraction of sp³-hybridized carbons (Fsp3) is 0.100. The average Bonchev–Trinajstić information content (AvgIpc) is 3.10. The van der Waals surface area contributed by atoms with E-state index in [4.69, 9.17) is 11.6 Å². The van der Waals surface area contributed by atoms with Crippen LogP contribution in [0.15, 0.2) is 71.8 Å². The van der Waals surface area contributed by atoms with Crippen molar-refractivity contribution in [1.82, 2.24) is 14.2 Å². The molecule has 27 heavy (non-hydrogen) atoms. The monoisotopic (exact) mass is 383 g/mol. The molecule has 0 saturated heterocycles. The number of rotatable bonds is 4. The lowest BCUT2D eigenvalue weighted by atomic mass is 10.1. The zero-order chi connectivity index (χ0) is 19.0. The third kappa shape index (κ3) is 3.37. The number of halogens is 2. The maximum Gasteiger partial charge on any atom is 0.276 e. The summed E-state index contributed by atoms with van der Waals surface area (Å²) >= 11 is 6.11. The molecule has 2 heterocycles. The van der Waals surface area contributed by atoms with Crippen LogP contribution in [0, 0.1) is 5.82 Å². The van der Waals surface area contributed by atoms with E-state index in [2.05, 4.69) is 5.10 Å². The highest BCUT2D eigenvalue weighted by molar-refractivity contribution is 6.31. The Morgan fingerprint density at radius 3 is 2.59 bits per heavy atom. The van der Waals surface area contributed by atoms with Crippen LogP contribution in [-0.4, -0.2) is 19.3 Å². The third-order valence-corrected chi connectivity index (χ3v) is 4.72. The van der Waals surface area contributed by atoms with Gasteiger partial charge in [-0.1, -0.05) is 29.8 Å². The number of hydrogen-bond acceptors (Lipinski definition) is 3. The minimum Gasteiger partial charge on any atom is -0.386 e. The molecule has 0 bridgehead atoms. The second-order valence-electron chi connectivity index (χ2n) is 6.16. The summed E-state index contributed by atoms with van der Waals surface area (Å²) in [5.74, 6) is -0.335. The Kier molecular flexibility index (Phi) is 4.51. The van der Waals surface area contributed by atoms with Gasteiger partial charge in [-0.3, -0.25) is 4.79 Å². The smallest absolute Gasteiger partial charge is 0.276 e. The Hall–Kier alpha value is -2.96. The van der Waals surface area contributed by atoms with Gasteiger partial charge in [0.15, 0.2) is 0 Å². The van der Waals surface area contributed by atoms with E-state index in [0.29, 0.717) is 27.4 Å². The Balaban J connectivity index is 1.69. The number of aliphatic hydroxyl groups excluding tert-OH is 1. The summed E-state index contributed by atoms with van der Waals surface area (Å²) in [5, 5.41) is 15.3. The van der Waals surface area contributed by atoms with Gasteiger partial charge in [0, 0.05) is 28.5 Å². The van der Waals surface area contributed by atoms with Gasteiger partial charge in [0.25, 0.3) is 5.56 Å². The summed E-state index contributed by atoms with van der Waals surface area (Å²) in [6, 6.07) is 14.5. The number of nitrogens with zero attached hydrogens (tertiary/aromatic N) is 3. The average molecular weight is 384 g/mol. The second-order valence-corrected chi connectivity index (χ2v) is 6.57. The van der Waals surface area contributed by atoms with E-state index < -0.39 is 6.10 Å². The molecule has 0 fully saturated rings. The first-order valence-electron chi connectivity index (χ1n) is 8.30. The highest BCUT2D eigenvalue weighted by Gasteiger charge is 2.15. The first-order chi connectivity index (χ1) is 13.0. The molecule has 2 aromatic carbocycles. The predicted octanol–water partition coefficient (Wildman–Crippen LogP) is 3.69. The number of hydrogen-bond donors (Lipinski definition) is 1. The molecule has 2 aromatic heterocycles. The van der Waals surface area contributed by atoms with Gasteiger partial charge in [0.2, 0.25) is 0 Å². The highest BCUT2D eigenvalue weighted by Crippen LogP contribution is 2.24. The minimum absolute atomic E-state index is 0.0656. The van der Waals surface area contributed by atoms with Gasteiger partial charge >= 0.3 is 0 Å². The lowest BCUT2D eigenvalue weighted by molar-refractivity contribution is 0.155. The van der Waals surface area contributed by atoms with Crippen LogP contribution in [0.4, 0.5) is 4.39 Å². The maximum absolute atomic E-state index is 13.1. The van der Waals surface area contributed by atoms with Gasteiger partial charge in [0.1, 0.15) is 11.3 Å². The van der Waals surface area contributed by atoms with E-state index in [9.17, 15) is 14.3 Å². The quantitative estimate of drug-likeness (QED) is 0.584. The Labute approximate surface area is 158 Å². The van der Waals surface area contributed by atoms with Crippen LogP contribution in [0.3, 0.4) is 0 Å². The second kappa shape index (κ2) is 6.98. The van der Waals surface area contributed by atoms with Crippen molar-refractivity contribution in [2.45, 2.75) is 12.6 Å². The molecule has 1 N–H and O–H groups in total. The number of aromatic nitrogens is 3. The van der Waals surface area contributed by atoms with Crippen LogP contribution in [0.5, 0.6) is 0 Å². The Morgan fingerprint density at radius 2 is 1.85 bits per heavy atom. The molecule has 1 atom stereocenters. The van der Waals surface area contributed by atoms with Crippen LogP contribution in [0.1, 0.15) is 11.7 Å². The van der Waals surface area contributed by atoms with Gasteiger partial charge < -0.3 is 9.67 Å². The topological polar surface area (TPSA) is 59.5 Å². The van der Waals surface area contributed by atoms with Crippen LogP contribution < -0.4 is 5.56 Å². The van der Waals surface area contributed by atoms with Gasteiger partial charge in [-0.15, -0.1) is 0 Å². The highest BCUT2D eigenvalue weighted by atomic mass is 35.5. The fourth-order valence-electron chi connectivity index (χ4n) is 2.96. The van der Waals surface area contributed by atoms with Crippen LogP contribution in [0.25, 0.3) is 16.8 Å². The first-order valence-corrected chi connectivity index (χ1v) is 8.68. The summed E-state index contributed by atoms with van der Waals surface area (Å²) in [6.45, 7) is 0.0656. The fourth-order valence-corrected chi connectivity index (χ4v) is 3.22. The third-order valence-electron chi connectivity index (χ3n) is 4.38. The van der Waals surface area contributed by atoms with Gasteiger partial charge in [-0.25, -0.2) is 8.91 Å². The van der Waals surface area contributed by atoms with Crippen molar-refractivity contribution in [1.29, 1.82) is 0 Å². The largest absolute Gasteiger partial charge is 0.386 e. The van der Waals surface area contributed by atoms with Crippen molar-refractivity contribution in [3.63, 3.8) is 0 Å². The molecule has 0 aliphatic rings. The lowest BCUT2D eigenvalue weighted by Crippen LogP contribution is -2.24. The molecule has 4 aromatic rings. The van der Waals surface area contributed by atoms with Gasteiger partial charge in [0.05, 0.1) is 18.3 Å². The van der Waals surface area contributed by atoms with Crippen molar-refractivity contribution >= 4 is 17.1 Å². The summed E-state index contributed by atoms with van der Waals surface area (Å²) in [5.41, 5.74) is 1.91. The van der Waals surface area contributed by atoms with E-state index in [1.165, 1.54) is 21.2 Å². The molecule has 0 spiro atoms. The molecule has 4 rings (SSSR count). The van der Waals surface area contributed by atoms with E-state index in [1.54, 1.807) is 54.9 Å². The minimum atomic E-state index is -0.918. The van der Waals surface area contributed by atoms with Crippen LogP contribution >= 0.6 is 11.6 Å². The zero-order valence-electron chi connectivity index (χ0n) is 14.1. The maximum atomic E-state index is 13.1. The standard InChI is InChI=1S/C20H15ClFN3O2/c21-16-4-2-1-3-15(16)19(26)12-24-9-10-25-18(20(24)27)11-17(23-25)13-5-7-14(22)8-6-13/h1-11,19,26H,12H2.